The molecule has 2 aromatic carbocycles. The zero-order valence-corrected chi connectivity index (χ0v) is 20.0. The van der Waals surface area contributed by atoms with E-state index in [4.69, 9.17) is 14.2 Å². The molecule has 0 saturated heterocycles. The molecule has 0 aliphatic rings. The third-order valence-electron chi connectivity index (χ3n) is 4.28. The van der Waals surface area contributed by atoms with Crippen LogP contribution in [0.3, 0.4) is 0 Å². The molecule has 0 aliphatic carbocycles. The summed E-state index contributed by atoms with van der Waals surface area (Å²) in [7, 11) is 5.14. The van der Waals surface area contributed by atoms with Gasteiger partial charge in [-0.3, -0.25) is 4.99 Å². The second-order valence-electron chi connectivity index (χ2n) is 6.40. The number of aliphatic imine (C=N–C) groups is 1. The van der Waals surface area contributed by atoms with Crippen molar-refractivity contribution < 1.29 is 14.2 Å². The minimum Gasteiger partial charge on any atom is -0.496 e. The van der Waals surface area contributed by atoms with Crippen molar-refractivity contribution >= 4 is 29.9 Å². The fourth-order valence-corrected chi connectivity index (χ4v) is 2.76. The van der Waals surface area contributed by atoms with Crippen LogP contribution in [0.15, 0.2) is 47.5 Å². The van der Waals surface area contributed by atoms with Crippen LogP contribution in [0.2, 0.25) is 0 Å². The molecule has 0 spiro atoms. The van der Waals surface area contributed by atoms with E-state index >= 15 is 0 Å². The molecule has 0 saturated carbocycles. The van der Waals surface area contributed by atoms with Gasteiger partial charge in [0.15, 0.2) is 5.96 Å². The molecule has 0 unspecified atom stereocenters. The summed E-state index contributed by atoms with van der Waals surface area (Å²) in [6, 6.07) is 14.2. The molecule has 0 radical (unpaired) electrons. The maximum atomic E-state index is 5.95. The van der Waals surface area contributed by atoms with Gasteiger partial charge in [0.25, 0.3) is 0 Å². The molecular weight excluding hydrogens is 481 g/mol. The second-order valence-corrected chi connectivity index (χ2v) is 6.40. The number of benzene rings is 2. The van der Waals surface area contributed by atoms with E-state index in [0.717, 1.165) is 35.0 Å². The van der Waals surface area contributed by atoms with Crippen LogP contribution in [0.25, 0.3) is 0 Å². The van der Waals surface area contributed by atoms with Crippen molar-refractivity contribution in [2.75, 3.05) is 34.5 Å². The first kappa shape index (κ1) is 25.0. The number of methoxy groups -OCH3 is 2. The van der Waals surface area contributed by atoms with Crippen LogP contribution < -0.4 is 20.1 Å². The first-order valence-corrected chi connectivity index (χ1v) is 9.45. The van der Waals surface area contributed by atoms with Gasteiger partial charge in [0, 0.05) is 51.4 Å². The number of guanidine groups is 1. The summed E-state index contributed by atoms with van der Waals surface area (Å²) >= 11 is 0. The Kier molecular flexibility index (Phi) is 12.1. The van der Waals surface area contributed by atoms with Crippen LogP contribution in [-0.2, 0) is 17.8 Å². The highest BCUT2D eigenvalue weighted by Gasteiger charge is 2.07. The molecule has 2 rings (SSSR count). The molecule has 0 amide bonds. The summed E-state index contributed by atoms with van der Waals surface area (Å²) < 4.78 is 16.4. The molecule has 2 aromatic rings. The molecule has 0 heterocycles. The van der Waals surface area contributed by atoms with Gasteiger partial charge < -0.3 is 24.8 Å². The van der Waals surface area contributed by atoms with Crippen molar-refractivity contribution in [2.45, 2.75) is 26.4 Å². The highest BCUT2D eigenvalue weighted by molar-refractivity contribution is 14.0. The van der Waals surface area contributed by atoms with E-state index in [1.807, 2.05) is 24.3 Å². The topological polar surface area (TPSA) is 64.1 Å². The Morgan fingerprint density at radius 1 is 0.931 bits per heavy atom. The van der Waals surface area contributed by atoms with Gasteiger partial charge in [0.2, 0.25) is 0 Å². The van der Waals surface area contributed by atoms with Gasteiger partial charge >= 0.3 is 0 Å². The molecule has 0 fully saturated rings. The molecule has 6 nitrogen and oxygen atoms in total. The van der Waals surface area contributed by atoms with Crippen LogP contribution in [0.1, 0.15) is 23.1 Å². The maximum Gasteiger partial charge on any atom is 0.191 e. The number of para-hydroxylation sites is 1. The lowest BCUT2D eigenvalue weighted by Gasteiger charge is -2.16. The van der Waals surface area contributed by atoms with Crippen molar-refractivity contribution in [3.05, 3.63) is 59.2 Å². The van der Waals surface area contributed by atoms with Crippen molar-refractivity contribution in [1.82, 2.24) is 10.6 Å². The van der Waals surface area contributed by atoms with Crippen LogP contribution >= 0.6 is 24.0 Å². The van der Waals surface area contributed by atoms with Crippen molar-refractivity contribution in [2.24, 2.45) is 4.99 Å². The van der Waals surface area contributed by atoms with Crippen LogP contribution in [-0.4, -0.2) is 40.4 Å². The number of hydrogen-bond acceptors (Lipinski definition) is 4. The number of nitrogens with one attached hydrogen (secondary N) is 2. The summed E-state index contributed by atoms with van der Waals surface area (Å²) in [4.78, 5) is 4.30. The molecule has 0 bridgehead atoms. The van der Waals surface area contributed by atoms with Gasteiger partial charge in [-0.1, -0.05) is 30.3 Å². The van der Waals surface area contributed by atoms with Gasteiger partial charge in [0.1, 0.15) is 11.5 Å². The van der Waals surface area contributed by atoms with E-state index < -0.39 is 0 Å². The predicted molar refractivity (Wildman–Crippen MR) is 129 cm³/mol. The van der Waals surface area contributed by atoms with E-state index in [0.29, 0.717) is 26.3 Å². The third-order valence-corrected chi connectivity index (χ3v) is 4.28. The fraction of sp³-hybridized carbons (Fsp3) is 0.409. The summed E-state index contributed by atoms with van der Waals surface area (Å²) in [5.74, 6) is 2.47. The zero-order valence-electron chi connectivity index (χ0n) is 17.7. The van der Waals surface area contributed by atoms with Gasteiger partial charge in [-0.2, -0.15) is 0 Å². The highest BCUT2D eigenvalue weighted by atomic mass is 127. The molecule has 0 aromatic heterocycles. The Labute approximate surface area is 191 Å². The Balaban J connectivity index is 0.00000420. The predicted octanol–water partition coefficient (Wildman–Crippen LogP) is 3.90. The average Bonchev–Trinajstić information content (AvgIpc) is 2.72. The van der Waals surface area contributed by atoms with Crippen molar-refractivity contribution in [3.8, 4) is 11.5 Å². The van der Waals surface area contributed by atoms with Crippen LogP contribution in [0.4, 0.5) is 0 Å². The summed E-state index contributed by atoms with van der Waals surface area (Å²) in [5.41, 5.74) is 3.33. The quantitative estimate of drug-likeness (QED) is 0.219. The van der Waals surface area contributed by atoms with Crippen LogP contribution in [0, 0.1) is 6.92 Å². The molecule has 7 heteroatoms. The summed E-state index contributed by atoms with van der Waals surface area (Å²) in [5, 5.41) is 6.67. The maximum absolute atomic E-state index is 5.95. The Bertz CT molecular complexity index is 769. The number of rotatable bonds is 10. The second kappa shape index (κ2) is 14.1. The molecule has 2 N–H and O–H groups in total. The highest BCUT2D eigenvalue weighted by Crippen LogP contribution is 2.21. The standard InChI is InChI=1S/C22H31N3O3.HI/c1-17-10-11-19(21(14-17)28-13-7-12-26-3)16-25-22(23-2)24-15-18-8-5-6-9-20(18)27-4;/h5-6,8-11,14H,7,12-13,15-16H2,1-4H3,(H2,23,24,25);1H. The number of nitrogens with zero attached hydrogens (tertiary/aromatic N) is 1. The fourth-order valence-electron chi connectivity index (χ4n) is 2.76. The Hall–Kier alpha value is -2.00. The van der Waals surface area contributed by atoms with Gasteiger partial charge in [-0.15, -0.1) is 24.0 Å². The van der Waals surface area contributed by atoms with Crippen LogP contribution in [0.5, 0.6) is 11.5 Å². The largest absolute Gasteiger partial charge is 0.496 e. The normalized spacial score (nSPS) is 10.8. The monoisotopic (exact) mass is 513 g/mol. The van der Waals surface area contributed by atoms with Gasteiger partial charge in [-0.05, 0) is 24.6 Å². The minimum absolute atomic E-state index is 0. The smallest absolute Gasteiger partial charge is 0.191 e. The lowest BCUT2D eigenvalue weighted by molar-refractivity contribution is 0.171. The first-order chi connectivity index (χ1) is 13.7. The molecule has 0 atom stereocenters. The number of hydrogen-bond donors (Lipinski definition) is 2. The van der Waals surface area contributed by atoms with Crippen molar-refractivity contribution in [3.63, 3.8) is 0 Å². The number of halogens is 1. The minimum atomic E-state index is 0. The van der Waals surface area contributed by atoms with Gasteiger partial charge in [0.05, 0.1) is 13.7 Å². The third kappa shape index (κ3) is 8.49. The summed E-state index contributed by atoms with van der Waals surface area (Å²) in [6.45, 7) is 4.63. The number of ether oxygens (including phenoxy) is 3. The van der Waals surface area contributed by atoms with E-state index in [1.165, 1.54) is 5.56 Å². The summed E-state index contributed by atoms with van der Waals surface area (Å²) in [6.07, 6.45) is 0.861. The lowest BCUT2D eigenvalue weighted by Crippen LogP contribution is -2.36. The molecule has 29 heavy (non-hydrogen) atoms. The molecule has 0 aliphatic heterocycles. The average molecular weight is 513 g/mol. The molecular formula is C22H32IN3O3. The van der Waals surface area contributed by atoms with Gasteiger partial charge in [-0.25, -0.2) is 0 Å². The lowest BCUT2D eigenvalue weighted by atomic mass is 10.1. The zero-order chi connectivity index (χ0) is 20.2. The Morgan fingerprint density at radius 3 is 2.28 bits per heavy atom. The van der Waals surface area contributed by atoms with E-state index in [-0.39, 0.29) is 24.0 Å². The van der Waals surface area contributed by atoms with E-state index in [9.17, 15) is 0 Å². The number of aryl methyl sites for hydroxylation is 1. The SMILES string of the molecule is CN=C(NCc1ccccc1OC)NCc1ccc(C)cc1OCCCOC.I. The Morgan fingerprint density at radius 2 is 1.62 bits per heavy atom. The van der Waals surface area contributed by atoms with E-state index in [1.54, 1.807) is 21.3 Å². The van der Waals surface area contributed by atoms with E-state index in [2.05, 4.69) is 40.7 Å². The first-order valence-electron chi connectivity index (χ1n) is 9.45. The molecule has 160 valence electrons. The van der Waals surface area contributed by atoms with Crippen molar-refractivity contribution in [1.29, 1.82) is 0 Å².